The SMILES string of the molecule is CC(C)CC(C)C(=O)OC(CC1CCCCC1)OCC1CCCCC1. The number of hydrogen-bond donors (Lipinski definition) is 0. The van der Waals surface area contributed by atoms with Crippen LogP contribution in [0.3, 0.4) is 0 Å². The van der Waals surface area contributed by atoms with Gasteiger partial charge in [-0.15, -0.1) is 0 Å². The molecule has 25 heavy (non-hydrogen) atoms. The summed E-state index contributed by atoms with van der Waals surface area (Å²) in [5.74, 6) is 1.74. The van der Waals surface area contributed by atoms with Crippen molar-refractivity contribution in [2.45, 2.75) is 104 Å². The van der Waals surface area contributed by atoms with Gasteiger partial charge < -0.3 is 9.47 Å². The normalized spacial score (nSPS) is 22.7. The van der Waals surface area contributed by atoms with E-state index in [1.165, 1.54) is 64.2 Å². The molecule has 0 aromatic rings. The zero-order valence-electron chi connectivity index (χ0n) is 16.8. The number of hydrogen-bond acceptors (Lipinski definition) is 3. The van der Waals surface area contributed by atoms with Crippen LogP contribution in [0, 0.1) is 23.7 Å². The van der Waals surface area contributed by atoms with E-state index in [-0.39, 0.29) is 18.2 Å². The summed E-state index contributed by atoms with van der Waals surface area (Å²) in [6, 6.07) is 0. The van der Waals surface area contributed by atoms with Gasteiger partial charge in [-0.1, -0.05) is 72.1 Å². The Morgan fingerprint density at radius 1 is 0.880 bits per heavy atom. The first kappa shape index (κ1) is 20.7. The average Bonchev–Trinajstić information content (AvgIpc) is 2.61. The molecule has 2 rings (SSSR count). The van der Waals surface area contributed by atoms with Crippen LogP contribution in [-0.4, -0.2) is 18.9 Å². The first-order chi connectivity index (χ1) is 12.0. The number of ether oxygens (including phenoxy) is 2. The van der Waals surface area contributed by atoms with Crippen LogP contribution in [0.1, 0.15) is 97.8 Å². The van der Waals surface area contributed by atoms with Crippen LogP contribution in [0.25, 0.3) is 0 Å². The summed E-state index contributed by atoms with van der Waals surface area (Å²) >= 11 is 0. The third kappa shape index (κ3) is 8.11. The van der Waals surface area contributed by atoms with Crippen molar-refractivity contribution in [1.82, 2.24) is 0 Å². The van der Waals surface area contributed by atoms with E-state index in [2.05, 4.69) is 13.8 Å². The first-order valence-electron chi connectivity index (χ1n) is 10.9. The van der Waals surface area contributed by atoms with Gasteiger partial charge in [0.2, 0.25) is 6.29 Å². The lowest BCUT2D eigenvalue weighted by Crippen LogP contribution is -2.30. The molecule has 2 unspecified atom stereocenters. The molecule has 2 fully saturated rings. The van der Waals surface area contributed by atoms with Crippen molar-refractivity contribution in [2.75, 3.05) is 6.61 Å². The third-order valence-electron chi connectivity index (χ3n) is 5.97. The molecule has 0 radical (unpaired) electrons. The monoisotopic (exact) mass is 352 g/mol. The first-order valence-corrected chi connectivity index (χ1v) is 10.9. The summed E-state index contributed by atoms with van der Waals surface area (Å²) in [4.78, 5) is 12.5. The minimum Gasteiger partial charge on any atom is -0.436 e. The van der Waals surface area contributed by atoms with E-state index in [9.17, 15) is 4.79 Å². The van der Waals surface area contributed by atoms with Gasteiger partial charge in [0.1, 0.15) is 0 Å². The highest BCUT2D eigenvalue weighted by atomic mass is 16.7. The summed E-state index contributed by atoms with van der Waals surface area (Å²) in [7, 11) is 0. The Hall–Kier alpha value is -0.570. The topological polar surface area (TPSA) is 35.5 Å². The van der Waals surface area contributed by atoms with E-state index < -0.39 is 0 Å². The summed E-state index contributed by atoms with van der Waals surface area (Å²) in [6.45, 7) is 7.07. The summed E-state index contributed by atoms with van der Waals surface area (Å²) < 4.78 is 12.0. The molecule has 0 N–H and O–H groups in total. The quantitative estimate of drug-likeness (QED) is 0.371. The second kappa shape index (κ2) is 11.2. The van der Waals surface area contributed by atoms with Gasteiger partial charge in [0.05, 0.1) is 12.5 Å². The maximum Gasteiger partial charge on any atom is 0.310 e. The third-order valence-corrected chi connectivity index (χ3v) is 5.97. The lowest BCUT2D eigenvalue weighted by Gasteiger charge is -2.29. The molecule has 0 heterocycles. The molecule has 0 aromatic heterocycles. The molecule has 3 nitrogen and oxygen atoms in total. The molecule has 0 aliphatic heterocycles. The van der Waals surface area contributed by atoms with Crippen molar-refractivity contribution in [1.29, 1.82) is 0 Å². The number of esters is 1. The maximum atomic E-state index is 12.5. The van der Waals surface area contributed by atoms with Gasteiger partial charge in [-0.3, -0.25) is 4.79 Å². The van der Waals surface area contributed by atoms with E-state index in [4.69, 9.17) is 9.47 Å². The molecular formula is C22H40O3. The minimum atomic E-state index is -0.327. The van der Waals surface area contributed by atoms with E-state index in [1.807, 2.05) is 6.92 Å². The Kier molecular flexibility index (Phi) is 9.30. The highest BCUT2D eigenvalue weighted by Gasteiger charge is 2.26. The molecule has 3 heteroatoms. The zero-order chi connectivity index (χ0) is 18.1. The predicted octanol–water partition coefficient (Wildman–Crippen LogP) is 6.11. The molecule has 0 aromatic carbocycles. The van der Waals surface area contributed by atoms with Crippen LogP contribution in [0.5, 0.6) is 0 Å². The van der Waals surface area contributed by atoms with Crippen molar-refractivity contribution in [2.24, 2.45) is 23.7 Å². The number of carbonyl (C=O) groups is 1. The molecule has 146 valence electrons. The molecule has 0 saturated heterocycles. The van der Waals surface area contributed by atoms with Gasteiger partial charge >= 0.3 is 5.97 Å². The lowest BCUT2D eigenvalue weighted by atomic mass is 9.86. The Morgan fingerprint density at radius 2 is 1.44 bits per heavy atom. The van der Waals surface area contributed by atoms with E-state index in [0.717, 1.165) is 19.4 Å². The molecule has 0 bridgehead atoms. The molecule has 2 saturated carbocycles. The van der Waals surface area contributed by atoms with Gasteiger partial charge in [0.15, 0.2) is 0 Å². The predicted molar refractivity (Wildman–Crippen MR) is 102 cm³/mol. The van der Waals surface area contributed by atoms with Gasteiger partial charge in [-0.05, 0) is 37.0 Å². The molecule has 0 amide bonds. The summed E-state index contributed by atoms with van der Waals surface area (Å²) in [5, 5.41) is 0. The van der Waals surface area contributed by atoms with Crippen LogP contribution < -0.4 is 0 Å². The van der Waals surface area contributed by atoms with Crippen molar-refractivity contribution < 1.29 is 14.3 Å². The van der Waals surface area contributed by atoms with Crippen LogP contribution in [0.15, 0.2) is 0 Å². The number of carbonyl (C=O) groups excluding carboxylic acids is 1. The van der Waals surface area contributed by atoms with Crippen molar-refractivity contribution in [3.8, 4) is 0 Å². The van der Waals surface area contributed by atoms with Crippen molar-refractivity contribution in [3.05, 3.63) is 0 Å². The van der Waals surface area contributed by atoms with Gasteiger partial charge in [0.25, 0.3) is 0 Å². The molecule has 0 spiro atoms. The Labute approximate surface area is 155 Å². The van der Waals surface area contributed by atoms with E-state index >= 15 is 0 Å². The van der Waals surface area contributed by atoms with E-state index in [0.29, 0.717) is 17.8 Å². The van der Waals surface area contributed by atoms with Crippen molar-refractivity contribution in [3.63, 3.8) is 0 Å². The Morgan fingerprint density at radius 3 is 2.00 bits per heavy atom. The van der Waals surface area contributed by atoms with Gasteiger partial charge in [-0.2, -0.15) is 0 Å². The molecule has 2 atom stereocenters. The lowest BCUT2D eigenvalue weighted by molar-refractivity contribution is -0.190. The number of rotatable bonds is 9. The fraction of sp³-hybridized carbons (Fsp3) is 0.955. The minimum absolute atomic E-state index is 0.0351. The largest absolute Gasteiger partial charge is 0.436 e. The van der Waals surface area contributed by atoms with Crippen LogP contribution in [-0.2, 0) is 14.3 Å². The smallest absolute Gasteiger partial charge is 0.310 e. The fourth-order valence-electron chi connectivity index (χ4n) is 4.49. The van der Waals surface area contributed by atoms with Gasteiger partial charge in [0, 0.05) is 6.42 Å². The Bertz CT molecular complexity index is 367. The zero-order valence-corrected chi connectivity index (χ0v) is 16.8. The fourth-order valence-corrected chi connectivity index (χ4v) is 4.49. The highest BCUT2D eigenvalue weighted by molar-refractivity contribution is 5.72. The van der Waals surface area contributed by atoms with Gasteiger partial charge in [-0.25, -0.2) is 0 Å². The highest BCUT2D eigenvalue weighted by Crippen LogP contribution is 2.30. The van der Waals surface area contributed by atoms with Crippen LogP contribution in [0.4, 0.5) is 0 Å². The summed E-state index contributed by atoms with van der Waals surface area (Å²) in [6.07, 6.45) is 14.5. The van der Waals surface area contributed by atoms with Crippen LogP contribution in [0.2, 0.25) is 0 Å². The molecule has 2 aliphatic carbocycles. The van der Waals surface area contributed by atoms with Crippen LogP contribution >= 0.6 is 0 Å². The maximum absolute atomic E-state index is 12.5. The second-order valence-corrected chi connectivity index (χ2v) is 8.97. The Balaban J connectivity index is 1.84. The average molecular weight is 353 g/mol. The summed E-state index contributed by atoms with van der Waals surface area (Å²) in [5.41, 5.74) is 0. The molecule has 2 aliphatic rings. The standard InChI is InChI=1S/C22H40O3/c1-17(2)14-18(3)22(23)25-21(15-19-10-6-4-7-11-19)24-16-20-12-8-5-9-13-20/h17-21H,4-16H2,1-3H3. The second-order valence-electron chi connectivity index (χ2n) is 8.97. The van der Waals surface area contributed by atoms with Crippen molar-refractivity contribution >= 4 is 5.97 Å². The van der Waals surface area contributed by atoms with E-state index in [1.54, 1.807) is 0 Å². The molecular weight excluding hydrogens is 312 g/mol.